The van der Waals surface area contributed by atoms with E-state index in [9.17, 15) is 4.79 Å². The normalized spacial score (nSPS) is 18.0. The Morgan fingerprint density at radius 1 is 1.45 bits per heavy atom. The Hall–Kier alpha value is -0.970. The fourth-order valence-electron chi connectivity index (χ4n) is 2.59. The average Bonchev–Trinajstić information content (AvgIpc) is 2.48. The number of nitrogens with one attached hydrogen (secondary N) is 1. The summed E-state index contributed by atoms with van der Waals surface area (Å²) in [5.41, 5.74) is 0.549. The van der Waals surface area contributed by atoms with E-state index in [1.807, 2.05) is 25.8 Å². The molecular formula is C16H24Cl2N2O2. The summed E-state index contributed by atoms with van der Waals surface area (Å²) >= 11 is 6.05. The third kappa shape index (κ3) is 4.77. The minimum atomic E-state index is -0.00639. The summed E-state index contributed by atoms with van der Waals surface area (Å²) in [7, 11) is 1.94. The number of likely N-dealkylation sites (N-methyl/N-ethyl adjacent to an activating group) is 1. The Kier molecular flexibility index (Phi) is 7.46. The van der Waals surface area contributed by atoms with Crippen molar-refractivity contribution >= 4 is 29.9 Å². The van der Waals surface area contributed by atoms with Gasteiger partial charge in [0.25, 0.3) is 5.91 Å². The summed E-state index contributed by atoms with van der Waals surface area (Å²) in [6.07, 6.45) is 2.13. The fourth-order valence-corrected chi connectivity index (χ4v) is 2.77. The molecule has 1 aromatic carbocycles. The van der Waals surface area contributed by atoms with Crippen LogP contribution in [0, 0.1) is 0 Å². The number of amides is 1. The molecule has 6 heteroatoms. The molecule has 1 saturated heterocycles. The summed E-state index contributed by atoms with van der Waals surface area (Å²) in [5, 5.41) is 3.80. The molecule has 0 radical (unpaired) electrons. The Morgan fingerprint density at radius 2 is 2.18 bits per heavy atom. The molecule has 2 rings (SSSR count). The molecule has 1 unspecified atom stereocenters. The topological polar surface area (TPSA) is 41.6 Å². The van der Waals surface area contributed by atoms with Gasteiger partial charge in [0.05, 0.1) is 11.7 Å². The minimum absolute atomic E-state index is 0. The number of benzene rings is 1. The molecule has 124 valence electrons. The summed E-state index contributed by atoms with van der Waals surface area (Å²) in [6.45, 7) is 5.40. The molecule has 0 aromatic heterocycles. The number of halogens is 2. The van der Waals surface area contributed by atoms with E-state index in [0.29, 0.717) is 22.4 Å². The van der Waals surface area contributed by atoms with E-state index in [0.717, 1.165) is 25.9 Å². The largest absolute Gasteiger partial charge is 0.490 e. The van der Waals surface area contributed by atoms with Crippen LogP contribution in [-0.2, 0) is 0 Å². The van der Waals surface area contributed by atoms with Crippen molar-refractivity contribution in [2.45, 2.75) is 38.8 Å². The van der Waals surface area contributed by atoms with Crippen LogP contribution in [0.15, 0.2) is 18.2 Å². The van der Waals surface area contributed by atoms with Gasteiger partial charge in [-0.3, -0.25) is 4.79 Å². The first-order chi connectivity index (χ1) is 10.0. The van der Waals surface area contributed by atoms with E-state index in [4.69, 9.17) is 16.3 Å². The van der Waals surface area contributed by atoms with Gasteiger partial charge in [0.1, 0.15) is 5.75 Å². The third-order valence-corrected chi connectivity index (χ3v) is 3.89. The Balaban J connectivity index is 0.00000242. The van der Waals surface area contributed by atoms with E-state index >= 15 is 0 Å². The molecular weight excluding hydrogens is 323 g/mol. The number of carbonyl (C=O) groups excluding carboxylic acids is 1. The molecule has 1 aliphatic heterocycles. The number of hydrogen-bond acceptors (Lipinski definition) is 3. The Bertz CT molecular complexity index is 509. The van der Waals surface area contributed by atoms with Crippen LogP contribution in [0.1, 0.15) is 37.0 Å². The lowest BCUT2D eigenvalue weighted by atomic mass is 10.0. The lowest BCUT2D eigenvalue weighted by molar-refractivity contribution is 0.0692. The number of likely N-dealkylation sites (tertiary alicyclic amines) is 1. The first-order valence-corrected chi connectivity index (χ1v) is 7.81. The first kappa shape index (κ1) is 19.1. The molecule has 0 spiro atoms. The van der Waals surface area contributed by atoms with Crippen molar-refractivity contribution in [2.24, 2.45) is 0 Å². The van der Waals surface area contributed by atoms with Gasteiger partial charge in [0.2, 0.25) is 0 Å². The van der Waals surface area contributed by atoms with E-state index in [1.165, 1.54) is 0 Å². The molecule has 1 aliphatic rings. The van der Waals surface area contributed by atoms with Crippen LogP contribution in [0.2, 0.25) is 5.02 Å². The summed E-state index contributed by atoms with van der Waals surface area (Å²) in [5.74, 6) is 0.596. The third-order valence-electron chi connectivity index (χ3n) is 3.65. The van der Waals surface area contributed by atoms with Crippen LogP contribution in [-0.4, -0.2) is 43.1 Å². The van der Waals surface area contributed by atoms with Gasteiger partial charge < -0.3 is 15.0 Å². The molecule has 1 atom stereocenters. The fraction of sp³-hybridized carbons (Fsp3) is 0.562. The van der Waals surface area contributed by atoms with E-state index < -0.39 is 0 Å². The zero-order valence-electron chi connectivity index (χ0n) is 13.3. The summed E-state index contributed by atoms with van der Waals surface area (Å²) in [4.78, 5) is 14.7. The van der Waals surface area contributed by atoms with Gasteiger partial charge in [-0.2, -0.15) is 0 Å². The van der Waals surface area contributed by atoms with Gasteiger partial charge in [-0.1, -0.05) is 11.6 Å². The SMILES string of the molecule is CNC1CCCN(C(=O)c2cc(Cl)ccc2OC(C)C)C1.Cl. The van der Waals surface area contributed by atoms with Crippen LogP contribution in [0.4, 0.5) is 0 Å². The first-order valence-electron chi connectivity index (χ1n) is 7.44. The molecule has 1 aromatic rings. The zero-order chi connectivity index (χ0) is 15.4. The molecule has 1 fully saturated rings. The van der Waals surface area contributed by atoms with Gasteiger partial charge >= 0.3 is 0 Å². The van der Waals surface area contributed by atoms with E-state index in [1.54, 1.807) is 18.2 Å². The average molecular weight is 347 g/mol. The molecule has 1 amide bonds. The van der Waals surface area contributed by atoms with Crippen molar-refractivity contribution in [1.29, 1.82) is 0 Å². The van der Waals surface area contributed by atoms with Gasteiger partial charge in [0.15, 0.2) is 0 Å². The van der Waals surface area contributed by atoms with Crippen molar-refractivity contribution in [3.63, 3.8) is 0 Å². The number of piperidine rings is 1. The highest BCUT2D eigenvalue weighted by atomic mass is 35.5. The number of rotatable bonds is 4. The van der Waals surface area contributed by atoms with Gasteiger partial charge in [-0.15, -0.1) is 12.4 Å². The Labute approximate surface area is 143 Å². The van der Waals surface area contributed by atoms with Crippen molar-refractivity contribution < 1.29 is 9.53 Å². The van der Waals surface area contributed by atoms with Crippen molar-refractivity contribution in [1.82, 2.24) is 10.2 Å². The van der Waals surface area contributed by atoms with Crippen LogP contribution >= 0.6 is 24.0 Å². The van der Waals surface area contributed by atoms with Crippen LogP contribution in [0.25, 0.3) is 0 Å². The number of hydrogen-bond donors (Lipinski definition) is 1. The number of carbonyl (C=O) groups is 1. The predicted molar refractivity (Wildman–Crippen MR) is 92.4 cm³/mol. The monoisotopic (exact) mass is 346 g/mol. The minimum Gasteiger partial charge on any atom is -0.490 e. The van der Waals surface area contributed by atoms with Gasteiger partial charge in [-0.05, 0) is 51.9 Å². The van der Waals surface area contributed by atoms with Crippen molar-refractivity contribution in [3.8, 4) is 5.75 Å². The maximum atomic E-state index is 12.8. The molecule has 1 heterocycles. The Morgan fingerprint density at radius 3 is 2.82 bits per heavy atom. The zero-order valence-corrected chi connectivity index (χ0v) is 14.8. The second-order valence-corrected chi connectivity index (χ2v) is 6.12. The van der Waals surface area contributed by atoms with Crippen LogP contribution in [0.3, 0.4) is 0 Å². The van der Waals surface area contributed by atoms with E-state index in [2.05, 4.69) is 5.32 Å². The van der Waals surface area contributed by atoms with Crippen molar-refractivity contribution in [3.05, 3.63) is 28.8 Å². The van der Waals surface area contributed by atoms with Gasteiger partial charge in [-0.25, -0.2) is 0 Å². The smallest absolute Gasteiger partial charge is 0.257 e. The highest BCUT2D eigenvalue weighted by molar-refractivity contribution is 6.31. The van der Waals surface area contributed by atoms with Crippen LogP contribution < -0.4 is 10.1 Å². The molecule has 0 bridgehead atoms. The molecule has 1 N–H and O–H groups in total. The van der Waals surface area contributed by atoms with Gasteiger partial charge in [0, 0.05) is 24.2 Å². The molecule has 0 saturated carbocycles. The summed E-state index contributed by atoms with van der Waals surface area (Å²) in [6, 6.07) is 5.58. The maximum Gasteiger partial charge on any atom is 0.257 e. The van der Waals surface area contributed by atoms with Crippen molar-refractivity contribution in [2.75, 3.05) is 20.1 Å². The highest BCUT2D eigenvalue weighted by Crippen LogP contribution is 2.26. The predicted octanol–water partition coefficient (Wildman–Crippen LogP) is 3.37. The second-order valence-electron chi connectivity index (χ2n) is 5.69. The van der Waals surface area contributed by atoms with Crippen LogP contribution in [0.5, 0.6) is 5.75 Å². The molecule has 22 heavy (non-hydrogen) atoms. The maximum absolute atomic E-state index is 12.8. The highest BCUT2D eigenvalue weighted by Gasteiger charge is 2.26. The number of ether oxygens (including phenoxy) is 1. The standard InChI is InChI=1S/C16H23ClN2O2.ClH/c1-11(2)21-15-7-6-12(17)9-14(15)16(20)19-8-4-5-13(10-19)18-3;/h6-7,9,11,13,18H,4-5,8,10H2,1-3H3;1H. The van der Waals surface area contributed by atoms with E-state index in [-0.39, 0.29) is 24.4 Å². The molecule has 0 aliphatic carbocycles. The number of nitrogens with zero attached hydrogens (tertiary/aromatic N) is 1. The lowest BCUT2D eigenvalue weighted by Gasteiger charge is -2.33. The quantitative estimate of drug-likeness (QED) is 0.908. The lowest BCUT2D eigenvalue weighted by Crippen LogP contribution is -2.47. The second kappa shape index (κ2) is 8.61. The summed E-state index contributed by atoms with van der Waals surface area (Å²) < 4.78 is 5.74. The molecule has 4 nitrogen and oxygen atoms in total.